The summed E-state index contributed by atoms with van der Waals surface area (Å²) in [6.07, 6.45) is 8.39. The lowest BCUT2D eigenvalue weighted by atomic mass is 9.92. The summed E-state index contributed by atoms with van der Waals surface area (Å²) in [6.45, 7) is 2.57. The summed E-state index contributed by atoms with van der Waals surface area (Å²) >= 11 is 0. The van der Waals surface area contributed by atoms with Gasteiger partial charge in [-0.25, -0.2) is 4.98 Å². The van der Waals surface area contributed by atoms with Gasteiger partial charge >= 0.3 is 0 Å². The maximum atomic E-state index is 10.6. The topological polar surface area (TPSA) is 50.1 Å². The molecule has 0 atom stereocenters. The lowest BCUT2D eigenvalue weighted by molar-refractivity contribution is -0.00602. The summed E-state index contributed by atoms with van der Waals surface area (Å²) in [5.41, 5.74) is 2.09. The molecule has 94 valence electrons. The molecule has 1 saturated heterocycles. The highest BCUT2D eigenvalue weighted by Gasteiger charge is 2.30. The highest BCUT2D eigenvalue weighted by molar-refractivity contribution is 5.16. The minimum atomic E-state index is -0.531. The Labute approximate surface area is 102 Å². The van der Waals surface area contributed by atoms with Gasteiger partial charge in [-0.3, -0.25) is 0 Å². The van der Waals surface area contributed by atoms with E-state index in [1.807, 2.05) is 6.33 Å². The van der Waals surface area contributed by atoms with Gasteiger partial charge in [-0.1, -0.05) is 0 Å². The van der Waals surface area contributed by atoms with E-state index in [1.54, 1.807) is 0 Å². The number of hydrogen-bond donors (Lipinski definition) is 2. The minimum Gasteiger partial charge on any atom is -0.388 e. The molecule has 0 saturated carbocycles. The van der Waals surface area contributed by atoms with E-state index in [0.29, 0.717) is 0 Å². The lowest BCUT2D eigenvalue weighted by Gasteiger charge is -2.33. The maximum Gasteiger partial charge on any atom is 0.0952 e. The van der Waals surface area contributed by atoms with Crippen LogP contribution in [-0.4, -0.2) is 33.3 Å². The average molecular weight is 235 g/mol. The Kier molecular flexibility index (Phi) is 2.92. The van der Waals surface area contributed by atoms with Gasteiger partial charge in [0.2, 0.25) is 0 Å². The molecule has 0 bridgehead atoms. The highest BCUT2D eigenvalue weighted by Crippen LogP contribution is 2.25. The second kappa shape index (κ2) is 4.42. The number of aryl methyl sites for hydroxylation is 1. The third kappa shape index (κ3) is 2.24. The first kappa shape index (κ1) is 11.2. The van der Waals surface area contributed by atoms with Crippen LogP contribution in [0.1, 0.15) is 37.1 Å². The van der Waals surface area contributed by atoms with Gasteiger partial charge in [0.1, 0.15) is 0 Å². The molecular formula is C13H21N3O. The predicted molar refractivity (Wildman–Crippen MR) is 65.9 cm³/mol. The van der Waals surface area contributed by atoms with E-state index in [2.05, 4.69) is 14.9 Å². The van der Waals surface area contributed by atoms with E-state index in [9.17, 15) is 5.11 Å². The van der Waals surface area contributed by atoms with Gasteiger partial charge in [-0.2, -0.15) is 0 Å². The third-order valence-corrected chi connectivity index (χ3v) is 4.11. The molecule has 0 unspecified atom stereocenters. The van der Waals surface area contributed by atoms with Crippen LogP contribution in [0.15, 0.2) is 6.33 Å². The van der Waals surface area contributed by atoms with Gasteiger partial charge < -0.3 is 15.0 Å². The van der Waals surface area contributed by atoms with Crippen LogP contribution < -0.4 is 5.32 Å². The molecule has 1 fully saturated rings. The van der Waals surface area contributed by atoms with Crippen molar-refractivity contribution >= 4 is 0 Å². The number of piperidine rings is 1. The van der Waals surface area contributed by atoms with Crippen molar-refractivity contribution < 1.29 is 5.11 Å². The Bertz CT molecular complexity index is 393. The van der Waals surface area contributed by atoms with Crippen LogP contribution >= 0.6 is 0 Å². The molecule has 1 aromatic heterocycles. The zero-order chi connectivity index (χ0) is 11.7. The zero-order valence-corrected chi connectivity index (χ0v) is 10.3. The molecule has 0 amide bonds. The van der Waals surface area contributed by atoms with Crippen LogP contribution in [0.4, 0.5) is 0 Å². The van der Waals surface area contributed by atoms with Crippen molar-refractivity contribution in [1.29, 1.82) is 0 Å². The quantitative estimate of drug-likeness (QED) is 0.800. The van der Waals surface area contributed by atoms with E-state index in [1.165, 1.54) is 24.2 Å². The average Bonchev–Trinajstić information content (AvgIpc) is 2.73. The Balaban J connectivity index is 1.78. The first-order valence-corrected chi connectivity index (χ1v) is 6.73. The molecule has 0 spiro atoms. The van der Waals surface area contributed by atoms with Crippen molar-refractivity contribution in [3.8, 4) is 0 Å². The van der Waals surface area contributed by atoms with Crippen molar-refractivity contribution in [2.75, 3.05) is 13.1 Å². The van der Waals surface area contributed by atoms with Crippen molar-refractivity contribution in [2.24, 2.45) is 0 Å². The molecule has 1 aliphatic heterocycles. The van der Waals surface area contributed by atoms with Crippen LogP contribution in [0.25, 0.3) is 0 Å². The number of fused-ring (bicyclic) bond motifs is 1. The maximum absolute atomic E-state index is 10.6. The van der Waals surface area contributed by atoms with Crippen LogP contribution in [0, 0.1) is 0 Å². The summed E-state index contributed by atoms with van der Waals surface area (Å²) in [5.74, 6) is 0. The van der Waals surface area contributed by atoms with Crippen molar-refractivity contribution in [1.82, 2.24) is 14.9 Å². The number of aromatic nitrogens is 2. The Hall–Kier alpha value is -0.870. The number of aliphatic hydroxyl groups is 1. The summed E-state index contributed by atoms with van der Waals surface area (Å²) in [6, 6.07) is 0. The molecule has 2 heterocycles. The molecule has 17 heavy (non-hydrogen) atoms. The van der Waals surface area contributed by atoms with Crippen molar-refractivity contribution in [3.63, 3.8) is 0 Å². The first-order chi connectivity index (χ1) is 8.27. The van der Waals surface area contributed by atoms with Crippen molar-refractivity contribution in [2.45, 2.75) is 50.7 Å². The number of hydrogen-bond acceptors (Lipinski definition) is 3. The smallest absolute Gasteiger partial charge is 0.0952 e. The molecule has 0 radical (unpaired) electrons. The van der Waals surface area contributed by atoms with Gasteiger partial charge in [-0.15, -0.1) is 0 Å². The largest absolute Gasteiger partial charge is 0.388 e. The zero-order valence-electron chi connectivity index (χ0n) is 10.3. The molecule has 2 aliphatic rings. The van der Waals surface area contributed by atoms with E-state index < -0.39 is 5.60 Å². The number of nitrogens with one attached hydrogen (secondary N) is 1. The fourth-order valence-corrected chi connectivity index (χ4v) is 3.03. The van der Waals surface area contributed by atoms with Gasteiger partial charge in [0.05, 0.1) is 24.2 Å². The fraction of sp³-hybridized carbons (Fsp3) is 0.769. The SMILES string of the molecule is OC1(Cn2cnc3c2CCCC3)CCNCC1. The van der Waals surface area contributed by atoms with Crippen molar-refractivity contribution in [3.05, 3.63) is 17.7 Å². The van der Waals surface area contributed by atoms with Gasteiger partial charge in [-0.05, 0) is 51.6 Å². The molecule has 1 aromatic rings. The fourth-order valence-electron chi connectivity index (χ4n) is 3.03. The molecule has 4 nitrogen and oxygen atoms in total. The monoisotopic (exact) mass is 235 g/mol. The molecule has 2 N–H and O–H groups in total. The molecule has 3 rings (SSSR count). The first-order valence-electron chi connectivity index (χ1n) is 6.73. The summed E-state index contributed by atoms with van der Waals surface area (Å²) < 4.78 is 2.19. The van der Waals surface area contributed by atoms with E-state index in [-0.39, 0.29) is 0 Å². The van der Waals surface area contributed by atoms with Gasteiger partial charge in [0, 0.05) is 5.69 Å². The summed E-state index contributed by atoms with van der Waals surface area (Å²) in [4.78, 5) is 4.49. The van der Waals surface area contributed by atoms with Crippen LogP contribution in [0.2, 0.25) is 0 Å². The number of rotatable bonds is 2. The lowest BCUT2D eigenvalue weighted by Crippen LogP contribution is -2.45. The van der Waals surface area contributed by atoms with Gasteiger partial charge in [0.15, 0.2) is 0 Å². The highest BCUT2D eigenvalue weighted by atomic mass is 16.3. The van der Waals surface area contributed by atoms with E-state index in [4.69, 9.17) is 0 Å². The number of nitrogens with zero attached hydrogens (tertiary/aromatic N) is 2. The Morgan fingerprint density at radius 3 is 2.88 bits per heavy atom. The standard InChI is InChI=1S/C13H21N3O/c17-13(5-7-14-8-6-13)9-16-10-15-11-3-1-2-4-12(11)16/h10,14,17H,1-9H2. The second-order valence-electron chi connectivity index (χ2n) is 5.45. The molecule has 0 aromatic carbocycles. The summed E-state index contributed by atoms with van der Waals surface area (Å²) in [5, 5.41) is 13.9. The van der Waals surface area contributed by atoms with Crippen LogP contribution in [-0.2, 0) is 19.4 Å². The van der Waals surface area contributed by atoms with Gasteiger partial charge in [0.25, 0.3) is 0 Å². The predicted octanol–water partition coefficient (Wildman–Crippen LogP) is 0.876. The van der Waals surface area contributed by atoms with E-state index >= 15 is 0 Å². The summed E-state index contributed by atoms with van der Waals surface area (Å²) in [7, 11) is 0. The second-order valence-corrected chi connectivity index (χ2v) is 5.45. The van der Waals surface area contributed by atoms with Crippen LogP contribution in [0.5, 0.6) is 0 Å². The number of imidazole rings is 1. The molecule has 4 heteroatoms. The molecular weight excluding hydrogens is 214 g/mol. The van der Waals surface area contributed by atoms with Crippen LogP contribution in [0.3, 0.4) is 0 Å². The Morgan fingerprint density at radius 2 is 2.06 bits per heavy atom. The minimum absolute atomic E-state index is 0.531. The van der Waals surface area contributed by atoms with E-state index in [0.717, 1.165) is 45.3 Å². The molecule has 1 aliphatic carbocycles. The third-order valence-electron chi connectivity index (χ3n) is 4.11. The normalized spacial score (nSPS) is 23.4. The Morgan fingerprint density at radius 1 is 1.29 bits per heavy atom.